The van der Waals surface area contributed by atoms with Crippen LogP contribution >= 0.6 is 11.3 Å². The molecule has 0 bridgehead atoms. The van der Waals surface area contributed by atoms with E-state index in [9.17, 15) is 19.8 Å². The number of rotatable bonds is 3. The van der Waals surface area contributed by atoms with E-state index in [4.69, 9.17) is 0 Å². The SMILES string of the molecule is CC1=C(C(=O)O)C(c2csc3ccccc23)=C(C(=O)O)C(C)N1. The summed E-state index contributed by atoms with van der Waals surface area (Å²) in [6.07, 6.45) is 0. The molecule has 0 saturated heterocycles. The molecule has 0 aliphatic carbocycles. The minimum absolute atomic E-state index is 0.0176. The summed E-state index contributed by atoms with van der Waals surface area (Å²) in [4.78, 5) is 23.5. The lowest BCUT2D eigenvalue weighted by Crippen LogP contribution is -2.36. The molecular formula is C17H15NO4S. The van der Waals surface area contributed by atoms with Crippen molar-refractivity contribution in [3.8, 4) is 0 Å². The van der Waals surface area contributed by atoms with E-state index in [0.717, 1.165) is 10.1 Å². The summed E-state index contributed by atoms with van der Waals surface area (Å²) in [6.45, 7) is 3.38. The van der Waals surface area contributed by atoms with E-state index in [0.29, 0.717) is 16.8 Å². The van der Waals surface area contributed by atoms with E-state index in [1.54, 1.807) is 13.8 Å². The fourth-order valence-electron chi connectivity index (χ4n) is 3.02. The number of thiophene rings is 1. The number of carbonyl (C=O) groups is 2. The molecule has 3 N–H and O–H groups in total. The molecule has 1 aromatic heterocycles. The molecule has 3 rings (SSSR count). The average molecular weight is 329 g/mol. The van der Waals surface area contributed by atoms with Crippen LogP contribution in [0.2, 0.25) is 0 Å². The molecule has 0 amide bonds. The van der Waals surface area contributed by atoms with Crippen LogP contribution in [0.5, 0.6) is 0 Å². The quantitative estimate of drug-likeness (QED) is 0.805. The van der Waals surface area contributed by atoms with Crippen molar-refractivity contribution in [2.24, 2.45) is 0 Å². The standard InChI is InChI=1S/C17H15NO4S/c1-8-13(16(19)20)15(14(17(21)22)9(2)18-8)11-7-23-12-6-4-3-5-10(11)12/h3-8,18H,1-2H3,(H,19,20)(H,21,22). The van der Waals surface area contributed by atoms with E-state index < -0.39 is 18.0 Å². The van der Waals surface area contributed by atoms with E-state index >= 15 is 0 Å². The van der Waals surface area contributed by atoms with E-state index in [2.05, 4.69) is 5.32 Å². The zero-order valence-electron chi connectivity index (χ0n) is 12.6. The van der Waals surface area contributed by atoms with Crippen molar-refractivity contribution in [1.29, 1.82) is 0 Å². The molecule has 1 unspecified atom stereocenters. The van der Waals surface area contributed by atoms with Gasteiger partial charge in [0.05, 0.1) is 17.2 Å². The number of carboxylic acid groups (broad SMARTS) is 2. The molecule has 2 aromatic rings. The number of allylic oxidation sites excluding steroid dienone is 1. The number of hydrogen-bond acceptors (Lipinski definition) is 4. The molecule has 118 valence electrons. The molecule has 1 aromatic carbocycles. The number of benzene rings is 1. The van der Waals surface area contributed by atoms with Gasteiger partial charge in [-0.15, -0.1) is 11.3 Å². The number of aliphatic carboxylic acids is 2. The fourth-order valence-corrected chi connectivity index (χ4v) is 3.97. The van der Waals surface area contributed by atoms with Crippen molar-refractivity contribution < 1.29 is 19.8 Å². The van der Waals surface area contributed by atoms with Gasteiger partial charge in [0, 0.05) is 26.9 Å². The van der Waals surface area contributed by atoms with Gasteiger partial charge < -0.3 is 15.5 Å². The van der Waals surface area contributed by atoms with Crippen LogP contribution < -0.4 is 5.32 Å². The van der Waals surface area contributed by atoms with Gasteiger partial charge in [0.2, 0.25) is 0 Å². The lowest BCUT2D eigenvalue weighted by Gasteiger charge is -2.27. The number of dihydropyridines is 1. The van der Waals surface area contributed by atoms with Crippen LogP contribution in [0.1, 0.15) is 19.4 Å². The molecule has 0 saturated carbocycles. The minimum Gasteiger partial charge on any atom is -0.478 e. The van der Waals surface area contributed by atoms with Crippen LogP contribution in [0.15, 0.2) is 46.5 Å². The molecule has 0 fully saturated rings. The Balaban J connectivity index is 2.40. The highest BCUT2D eigenvalue weighted by atomic mass is 32.1. The van der Waals surface area contributed by atoms with Crippen LogP contribution in [0.4, 0.5) is 0 Å². The normalized spacial score (nSPS) is 18.3. The maximum atomic E-state index is 11.8. The third-order valence-corrected chi connectivity index (χ3v) is 4.92. The summed E-state index contributed by atoms with van der Waals surface area (Å²) in [5.74, 6) is -2.24. The molecule has 2 heterocycles. The van der Waals surface area contributed by atoms with Crippen LogP contribution in [-0.2, 0) is 9.59 Å². The Morgan fingerprint density at radius 1 is 1.17 bits per heavy atom. The Morgan fingerprint density at radius 2 is 1.87 bits per heavy atom. The van der Waals surface area contributed by atoms with Gasteiger partial charge in [0.15, 0.2) is 0 Å². The molecule has 0 spiro atoms. The number of carboxylic acids is 2. The summed E-state index contributed by atoms with van der Waals surface area (Å²) in [6, 6.07) is 7.12. The van der Waals surface area contributed by atoms with Gasteiger partial charge in [-0.25, -0.2) is 9.59 Å². The average Bonchev–Trinajstić information content (AvgIpc) is 2.89. The van der Waals surface area contributed by atoms with Crippen molar-refractivity contribution in [2.75, 3.05) is 0 Å². The minimum atomic E-state index is -1.13. The van der Waals surface area contributed by atoms with Crippen LogP contribution in [0.3, 0.4) is 0 Å². The number of fused-ring (bicyclic) bond motifs is 1. The predicted octanol–water partition coefficient (Wildman–Crippen LogP) is 3.09. The smallest absolute Gasteiger partial charge is 0.338 e. The molecule has 5 nitrogen and oxygen atoms in total. The number of nitrogens with one attached hydrogen (secondary N) is 1. The van der Waals surface area contributed by atoms with E-state index in [1.807, 2.05) is 29.6 Å². The predicted molar refractivity (Wildman–Crippen MR) is 89.3 cm³/mol. The summed E-state index contributed by atoms with van der Waals surface area (Å²) < 4.78 is 0.994. The van der Waals surface area contributed by atoms with Crippen LogP contribution in [-0.4, -0.2) is 28.2 Å². The van der Waals surface area contributed by atoms with Crippen LogP contribution in [0, 0.1) is 0 Å². The van der Waals surface area contributed by atoms with Gasteiger partial charge in [-0.2, -0.15) is 0 Å². The van der Waals surface area contributed by atoms with Gasteiger partial charge in [0.25, 0.3) is 0 Å². The topological polar surface area (TPSA) is 86.6 Å². The Bertz CT molecular complexity index is 891. The van der Waals surface area contributed by atoms with Gasteiger partial charge >= 0.3 is 11.9 Å². The molecule has 1 atom stereocenters. The van der Waals surface area contributed by atoms with Crippen molar-refractivity contribution in [3.63, 3.8) is 0 Å². The zero-order valence-corrected chi connectivity index (χ0v) is 13.4. The summed E-state index contributed by atoms with van der Waals surface area (Å²) in [7, 11) is 0. The lowest BCUT2D eigenvalue weighted by molar-refractivity contribution is -0.133. The van der Waals surface area contributed by atoms with Crippen molar-refractivity contribution in [3.05, 3.63) is 52.1 Å². The zero-order chi connectivity index (χ0) is 16.7. The van der Waals surface area contributed by atoms with Gasteiger partial charge in [-0.1, -0.05) is 18.2 Å². The Hall–Kier alpha value is -2.60. The highest BCUT2D eigenvalue weighted by Crippen LogP contribution is 2.39. The lowest BCUT2D eigenvalue weighted by atomic mass is 9.85. The third kappa shape index (κ3) is 2.41. The summed E-state index contributed by atoms with van der Waals surface area (Å²) in [5, 5.41) is 24.9. The van der Waals surface area contributed by atoms with E-state index in [1.165, 1.54) is 11.3 Å². The Labute approximate surface area is 136 Å². The maximum Gasteiger partial charge on any atom is 0.338 e. The maximum absolute atomic E-state index is 11.8. The second kappa shape index (κ2) is 5.55. The van der Waals surface area contributed by atoms with Crippen molar-refractivity contribution >= 4 is 38.9 Å². The summed E-state index contributed by atoms with van der Waals surface area (Å²) in [5.41, 5.74) is 1.53. The van der Waals surface area contributed by atoms with Gasteiger partial charge in [-0.3, -0.25) is 0 Å². The summed E-state index contributed by atoms with van der Waals surface area (Å²) >= 11 is 1.47. The largest absolute Gasteiger partial charge is 0.478 e. The molecule has 1 aliphatic rings. The second-order valence-corrected chi connectivity index (χ2v) is 6.32. The van der Waals surface area contributed by atoms with Crippen molar-refractivity contribution in [1.82, 2.24) is 5.32 Å². The fraction of sp³-hybridized carbons (Fsp3) is 0.176. The van der Waals surface area contributed by atoms with Gasteiger partial charge in [0.1, 0.15) is 0 Å². The Kier molecular flexibility index (Phi) is 3.69. The molecule has 1 aliphatic heterocycles. The Morgan fingerprint density at radius 3 is 2.52 bits per heavy atom. The first-order valence-electron chi connectivity index (χ1n) is 7.07. The first-order valence-corrected chi connectivity index (χ1v) is 7.95. The van der Waals surface area contributed by atoms with Crippen LogP contribution in [0.25, 0.3) is 15.7 Å². The monoisotopic (exact) mass is 329 g/mol. The second-order valence-electron chi connectivity index (χ2n) is 5.41. The van der Waals surface area contributed by atoms with Gasteiger partial charge in [-0.05, 0) is 25.3 Å². The molecule has 23 heavy (non-hydrogen) atoms. The van der Waals surface area contributed by atoms with E-state index in [-0.39, 0.29) is 11.1 Å². The highest BCUT2D eigenvalue weighted by molar-refractivity contribution is 7.17. The first kappa shape index (κ1) is 15.3. The third-order valence-electron chi connectivity index (χ3n) is 3.95. The first-order chi connectivity index (χ1) is 10.9. The molecule has 0 radical (unpaired) electrons. The number of hydrogen-bond donors (Lipinski definition) is 3. The highest BCUT2D eigenvalue weighted by Gasteiger charge is 2.33. The molecule has 6 heteroatoms. The molecular weight excluding hydrogens is 314 g/mol. The van der Waals surface area contributed by atoms with Crippen molar-refractivity contribution in [2.45, 2.75) is 19.9 Å².